The summed E-state index contributed by atoms with van der Waals surface area (Å²) in [5.74, 6) is 0.572. The van der Waals surface area contributed by atoms with Crippen molar-refractivity contribution in [1.82, 2.24) is 4.98 Å². The number of ether oxygens (including phenoxy) is 1. The summed E-state index contributed by atoms with van der Waals surface area (Å²) in [6, 6.07) is 9.99. The third-order valence-corrected chi connectivity index (χ3v) is 5.24. The van der Waals surface area contributed by atoms with Crippen LogP contribution in [0.3, 0.4) is 0 Å². The molecule has 3 rings (SSSR count). The highest BCUT2D eigenvalue weighted by Crippen LogP contribution is 2.31. The van der Waals surface area contributed by atoms with Gasteiger partial charge in [-0.3, -0.25) is 0 Å². The molecule has 0 aliphatic heterocycles. The molecule has 0 aliphatic carbocycles. The molecule has 114 valence electrons. The first kappa shape index (κ1) is 15.5. The second-order valence-electron chi connectivity index (χ2n) is 5.18. The number of thiophene rings is 1. The van der Waals surface area contributed by atoms with Gasteiger partial charge in [0.25, 0.3) is 0 Å². The first-order chi connectivity index (χ1) is 10.6. The maximum Gasteiger partial charge on any atom is 0.216 e. The Morgan fingerprint density at radius 3 is 2.82 bits per heavy atom. The molecule has 0 bridgehead atoms. The maximum absolute atomic E-state index is 10.5. The predicted molar refractivity (Wildman–Crippen MR) is 93.7 cm³/mol. The third-order valence-electron chi connectivity index (χ3n) is 3.63. The molecule has 3 aromatic rings. The minimum atomic E-state index is -0.541. The van der Waals surface area contributed by atoms with Crippen molar-refractivity contribution in [3.63, 3.8) is 0 Å². The second kappa shape index (κ2) is 6.36. The fourth-order valence-corrected chi connectivity index (χ4v) is 3.82. The molecule has 5 heteroatoms. The molecule has 1 unspecified atom stereocenters. The number of aromatic nitrogens is 1. The van der Waals surface area contributed by atoms with Gasteiger partial charge in [0.2, 0.25) is 5.88 Å². The Balaban J connectivity index is 2.00. The lowest BCUT2D eigenvalue weighted by atomic mass is 10.0. The van der Waals surface area contributed by atoms with Crippen LogP contribution in [0.4, 0.5) is 0 Å². The van der Waals surface area contributed by atoms with Crippen LogP contribution in [0.2, 0.25) is 0 Å². The summed E-state index contributed by atoms with van der Waals surface area (Å²) >= 11 is 5.06. The van der Waals surface area contributed by atoms with Gasteiger partial charge in [0.05, 0.1) is 18.7 Å². The van der Waals surface area contributed by atoms with Gasteiger partial charge in [-0.2, -0.15) is 0 Å². The van der Waals surface area contributed by atoms with Crippen molar-refractivity contribution >= 4 is 38.2 Å². The van der Waals surface area contributed by atoms with E-state index in [-0.39, 0.29) is 0 Å². The number of aryl methyl sites for hydroxylation is 1. The maximum atomic E-state index is 10.5. The highest BCUT2D eigenvalue weighted by molar-refractivity contribution is 9.10. The summed E-state index contributed by atoms with van der Waals surface area (Å²) in [7, 11) is 1.61. The molecule has 0 saturated carbocycles. The monoisotopic (exact) mass is 377 g/mol. The van der Waals surface area contributed by atoms with Crippen LogP contribution in [0.15, 0.2) is 40.2 Å². The molecular weight excluding hydrogens is 362 g/mol. The van der Waals surface area contributed by atoms with E-state index in [9.17, 15) is 5.11 Å². The minimum Gasteiger partial charge on any atom is -0.481 e. The Labute approximate surface area is 141 Å². The Morgan fingerprint density at radius 2 is 2.14 bits per heavy atom. The van der Waals surface area contributed by atoms with Crippen LogP contribution in [0, 0.1) is 6.92 Å². The van der Waals surface area contributed by atoms with E-state index >= 15 is 0 Å². The number of fused-ring (bicyclic) bond motifs is 1. The quantitative estimate of drug-likeness (QED) is 0.719. The van der Waals surface area contributed by atoms with Crippen LogP contribution in [-0.4, -0.2) is 17.2 Å². The van der Waals surface area contributed by atoms with E-state index in [0.29, 0.717) is 12.3 Å². The largest absolute Gasteiger partial charge is 0.481 e. The Morgan fingerprint density at radius 1 is 1.32 bits per heavy atom. The van der Waals surface area contributed by atoms with Crippen molar-refractivity contribution in [3.05, 3.63) is 56.2 Å². The molecule has 0 fully saturated rings. The second-order valence-corrected chi connectivity index (χ2v) is 7.04. The first-order valence-electron chi connectivity index (χ1n) is 6.93. The molecule has 1 N–H and O–H groups in total. The van der Waals surface area contributed by atoms with Gasteiger partial charge in [0.15, 0.2) is 0 Å². The molecule has 22 heavy (non-hydrogen) atoms. The lowest BCUT2D eigenvalue weighted by molar-refractivity contribution is 0.180. The van der Waals surface area contributed by atoms with Gasteiger partial charge in [0, 0.05) is 26.7 Å². The number of hydrogen-bond acceptors (Lipinski definition) is 4. The molecule has 0 spiro atoms. The van der Waals surface area contributed by atoms with E-state index in [4.69, 9.17) is 4.74 Å². The average Bonchev–Trinajstić information content (AvgIpc) is 2.92. The number of aliphatic hydroxyl groups is 1. The molecule has 0 radical (unpaired) electrons. The van der Waals surface area contributed by atoms with Crippen molar-refractivity contribution in [1.29, 1.82) is 0 Å². The number of nitrogens with zero attached hydrogens (tertiary/aromatic N) is 1. The molecule has 2 heterocycles. The highest BCUT2D eigenvalue weighted by atomic mass is 79.9. The zero-order valence-corrected chi connectivity index (χ0v) is 14.7. The van der Waals surface area contributed by atoms with Gasteiger partial charge in [-0.1, -0.05) is 15.9 Å². The summed E-state index contributed by atoms with van der Waals surface area (Å²) < 4.78 is 6.41. The first-order valence-corrected chi connectivity index (χ1v) is 8.61. The number of halogens is 1. The Kier molecular flexibility index (Phi) is 4.47. The summed E-state index contributed by atoms with van der Waals surface area (Å²) in [6.45, 7) is 2.02. The van der Waals surface area contributed by atoms with Gasteiger partial charge < -0.3 is 9.84 Å². The number of hydrogen-bond donors (Lipinski definition) is 1. The standard InChI is InChI=1S/C17H16BrNO2S/c1-10-5-6-22-16(10)15(20)9-12-7-11-8-13(18)3-4-14(11)19-17(12)21-2/h3-8,15,20H,9H2,1-2H3. The van der Waals surface area contributed by atoms with Gasteiger partial charge >= 0.3 is 0 Å². The van der Waals surface area contributed by atoms with Crippen molar-refractivity contribution < 1.29 is 9.84 Å². The fourth-order valence-electron chi connectivity index (χ4n) is 2.52. The smallest absolute Gasteiger partial charge is 0.216 e. The van der Waals surface area contributed by atoms with Crippen molar-refractivity contribution in [2.24, 2.45) is 0 Å². The molecule has 1 aromatic carbocycles. The summed E-state index contributed by atoms with van der Waals surface area (Å²) in [5.41, 5.74) is 2.91. The Bertz CT molecular complexity index is 816. The molecule has 2 aromatic heterocycles. The van der Waals surface area contributed by atoms with Gasteiger partial charge in [-0.15, -0.1) is 11.3 Å². The highest BCUT2D eigenvalue weighted by Gasteiger charge is 2.16. The van der Waals surface area contributed by atoms with Crippen LogP contribution in [-0.2, 0) is 6.42 Å². The van der Waals surface area contributed by atoms with Crippen LogP contribution >= 0.6 is 27.3 Å². The summed E-state index contributed by atoms with van der Waals surface area (Å²) in [6.07, 6.45) is -0.0553. The van der Waals surface area contributed by atoms with E-state index in [1.165, 1.54) is 0 Å². The normalized spacial score (nSPS) is 12.5. The molecule has 0 amide bonds. The Hall–Kier alpha value is -1.43. The fraction of sp³-hybridized carbons (Fsp3) is 0.235. The number of methoxy groups -OCH3 is 1. The van der Waals surface area contributed by atoms with Crippen molar-refractivity contribution in [2.75, 3.05) is 7.11 Å². The van der Waals surface area contributed by atoms with Crippen LogP contribution in [0.1, 0.15) is 22.1 Å². The molecular formula is C17H16BrNO2S. The average molecular weight is 378 g/mol. The van der Waals surface area contributed by atoms with E-state index < -0.39 is 6.10 Å². The van der Waals surface area contributed by atoms with E-state index in [2.05, 4.69) is 20.9 Å². The minimum absolute atomic E-state index is 0.486. The zero-order valence-electron chi connectivity index (χ0n) is 12.3. The molecule has 0 aliphatic rings. The number of pyridine rings is 1. The molecule has 0 saturated heterocycles. The van der Waals surface area contributed by atoms with Crippen molar-refractivity contribution in [2.45, 2.75) is 19.4 Å². The molecule has 1 atom stereocenters. The zero-order chi connectivity index (χ0) is 15.7. The number of benzene rings is 1. The lowest BCUT2D eigenvalue weighted by Gasteiger charge is -2.14. The van der Waals surface area contributed by atoms with E-state index in [1.54, 1.807) is 18.4 Å². The third kappa shape index (κ3) is 3.02. The van der Waals surface area contributed by atoms with Gasteiger partial charge in [-0.05, 0) is 48.2 Å². The summed E-state index contributed by atoms with van der Waals surface area (Å²) in [5, 5.41) is 13.5. The van der Waals surface area contributed by atoms with Crippen LogP contribution < -0.4 is 4.74 Å². The van der Waals surface area contributed by atoms with E-state index in [0.717, 1.165) is 31.4 Å². The number of rotatable bonds is 4. The predicted octanol–water partition coefficient (Wildman–Crippen LogP) is 4.65. The number of aliphatic hydroxyl groups excluding tert-OH is 1. The van der Waals surface area contributed by atoms with Crippen molar-refractivity contribution in [3.8, 4) is 5.88 Å². The lowest BCUT2D eigenvalue weighted by Crippen LogP contribution is -2.04. The van der Waals surface area contributed by atoms with E-state index in [1.807, 2.05) is 42.6 Å². The van der Waals surface area contributed by atoms with Crippen LogP contribution in [0.25, 0.3) is 10.9 Å². The molecule has 3 nitrogen and oxygen atoms in total. The topological polar surface area (TPSA) is 42.4 Å². The SMILES string of the molecule is COc1nc2ccc(Br)cc2cc1CC(O)c1sccc1C. The van der Waals surface area contributed by atoms with Crippen LogP contribution in [0.5, 0.6) is 5.88 Å². The summed E-state index contributed by atoms with van der Waals surface area (Å²) in [4.78, 5) is 5.54. The van der Waals surface area contributed by atoms with Gasteiger partial charge in [-0.25, -0.2) is 4.98 Å². The van der Waals surface area contributed by atoms with Gasteiger partial charge in [0.1, 0.15) is 0 Å².